The minimum Gasteiger partial charge on any atom is -0.382 e. The molecule has 6 fully saturated rings. The van der Waals surface area contributed by atoms with Crippen molar-refractivity contribution in [1.82, 2.24) is 9.80 Å². The lowest BCUT2D eigenvalue weighted by Crippen LogP contribution is -2.69. The van der Waals surface area contributed by atoms with Crippen molar-refractivity contribution >= 4 is 11.6 Å². The van der Waals surface area contributed by atoms with Crippen LogP contribution in [0.15, 0.2) is 0 Å². The summed E-state index contributed by atoms with van der Waals surface area (Å²) in [6.07, 6.45) is 3.78. The predicted molar refractivity (Wildman–Crippen MR) is 109 cm³/mol. The van der Waals surface area contributed by atoms with E-state index in [0.29, 0.717) is 39.6 Å². The monoisotopic (exact) mass is 424 g/mol. The number of ketones is 2. The van der Waals surface area contributed by atoms with Gasteiger partial charge in [-0.05, 0) is 51.9 Å². The highest BCUT2D eigenvalue weighted by Crippen LogP contribution is 2.38. The molecule has 4 bridgehead atoms. The Morgan fingerprint density at radius 1 is 0.700 bits per heavy atom. The maximum atomic E-state index is 13.0. The number of Topliss-reactive ketones (excluding diaryl/α,β-unsaturated/α-hetero) is 2. The Bertz CT molecular complexity index is 575. The molecule has 0 aromatic rings. The van der Waals surface area contributed by atoms with E-state index < -0.39 is 11.1 Å². The summed E-state index contributed by atoms with van der Waals surface area (Å²) in [6.45, 7) is 5.88. The van der Waals surface area contributed by atoms with Gasteiger partial charge in [-0.25, -0.2) is 0 Å². The molecule has 0 saturated carbocycles. The highest BCUT2D eigenvalue weighted by Gasteiger charge is 2.54. The Kier molecular flexibility index (Phi) is 6.91. The van der Waals surface area contributed by atoms with E-state index in [2.05, 4.69) is 9.80 Å². The molecule has 8 heteroatoms. The number of methoxy groups -OCH3 is 2. The average Bonchev–Trinajstić information content (AvgIpc) is 2.78. The van der Waals surface area contributed by atoms with Gasteiger partial charge in [-0.15, -0.1) is 0 Å². The number of nitrogens with zero attached hydrogens (tertiary/aromatic N) is 2. The lowest BCUT2D eigenvalue weighted by molar-refractivity contribution is -0.165. The van der Waals surface area contributed by atoms with Gasteiger partial charge in [-0.3, -0.25) is 19.4 Å². The molecule has 0 radical (unpaired) electrons. The Morgan fingerprint density at radius 2 is 1.07 bits per heavy atom. The van der Waals surface area contributed by atoms with E-state index in [1.54, 1.807) is 14.2 Å². The first-order chi connectivity index (χ1) is 14.6. The average molecular weight is 425 g/mol. The van der Waals surface area contributed by atoms with Gasteiger partial charge >= 0.3 is 0 Å². The lowest BCUT2D eigenvalue weighted by Gasteiger charge is -2.52. The van der Waals surface area contributed by atoms with Crippen LogP contribution in [0.25, 0.3) is 0 Å². The summed E-state index contributed by atoms with van der Waals surface area (Å²) >= 11 is 0. The van der Waals surface area contributed by atoms with Gasteiger partial charge in [0.25, 0.3) is 0 Å². The number of piperidine rings is 6. The smallest absolute Gasteiger partial charge is 0.160 e. The third-order valence-corrected chi connectivity index (χ3v) is 7.68. The van der Waals surface area contributed by atoms with E-state index in [-0.39, 0.29) is 23.4 Å². The zero-order valence-electron chi connectivity index (χ0n) is 18.4. The van der Waals surface area contributed by atoms with Crippen molar-refractivity contribution in [2.24, 2.45) is 11.8 Å². The van der Waals surface area contributed by atoms with Crippen LogP contribution < -0.4 is 0 Å². The van der Waals surface area contributed by atoms with Crippen molar-refractivity contribution in [3.63, 3.8) is 0 Å². The molecule has 0 aromatic heterocycles. The maximum absolute atomic E-state index is 13.0. The fourth-order valence-corrected chi connectivity index (χ4v) is 6.02. The topological polar surface area (TPSA) is 77.5 Å². The molecule has 6 aliphatic heterocycles. The third-order valence-electron chi connectivity index (χ3n) is 7.68. The zero-order valence-corrected chi connectivity index (χ0v) is 18.4. The minimum atomic E-state index is -0.655. The van der Waals surface area contributed by atoms with Crippen LogP contribution in [0.4, 0.5) is 0 Å². The number of hydrogen-bond donors (Lipinski definition) is 0. The summed E-state index contributed by atoms with van der Waals surface area (Å²) in [5.41, 5.74) is -1.31. The molecule has 2 atom stereocenters. The predicted octanol–water partition coefficient (Wildman–Crippen LogP) is 0.379. The first-order valence-electron chi connectivity index (χ1n) is 11.3. The molecule has 0 aliphatic carbocycles. The number of ether oxygens (including phenoxy) is 4. The quantitative estimate of drug-likeness (QED) is 0.441. The van der Waals surface area contributed by atoms with Crippen molar-refractivity contribution in [1.29, 1.82) is 0 Å². The van der Waals surface area contributed by atoms with Crippen LogP contribution in [0.3, 0.4) is 0 Å². The summed E-state index contributed by atoms with van der Waals surface area (Å²) in [5.74, 6) is 0.804. The van der Waals surface area contributed by atoms with Crippen LogP contribution in [0.5, 0.6) is 0 Å². The minimum absolute atomic E-state index is 0.140. The number of carbonyl (C=O) groups excluding carboxylic acids is 2. The molecule has 0 spiro atoms. The number of hydrogen-bond acceptors (Lipinski definition) is 8. The van der Waals surface area contributed by atoms with Crippen molar-refractivity contribution in [2.75, 3.05) is 80.0 Å². The van der Waals surface area contributed by atoms with Crippen molar-refractivity contribution in [3.05, 3.63) is 0 Å². The number of rotatable bonds is 11. The van der Waals surface area contributed by atoms with Crippen LogP contribution >= 0.6 is 0 Å². The molecular formula is C22H36N2O6. The second-order valence-corrected chi connectivity index (χ2v) is 9.29. The molecule has 2 unspecified atom stereocenters. The Hall–Kier alpha value is -0.900. The van der Waals surface area contributed by atoms with Gasteiger partial charge in [-0.1, -0.05) is 0 Å². The molecule has 170 valence electrons. The van der Waals surface area contributed by atoms with E-state index in [9.17, 15) is 9.59 Å². The zero-order chi connectivity index (χ0) is 21.2. The van der Waals surface area contributed by atoms with Crippen LogP contribution in [0, 0.1) is 11.8 Å². The molecule has 0 N–H and O–H groups in total. The molecule has 0 amide bonds. The lowest BCUT2D eigenvalue weighted by atomic mass is 9.74. The largest absolute Gasteiger partial charge is 0.382 e. The molecule has 6 heterocycles. The SMILES string of the molecule is COCC1(COCCOCC2(COC)C(=O)C3CCN2CC3)C(=O)C2CCN1CC2. The standard InChI is InChI=1S/C22H36N2O6/c1-27-13-21(19(25)17-3-7-23(21)8-4-17)15-29-11-12-30-16-22(14-28-2)20(26)18-5-9-24(22)10-6-18/h17-18H,3-16H2,1-2H3. The Balaban J connectivity index is 1.27. The van der Waals surface area contributed by atoms with Gasteiger partial charge in [0.1, 0.15) is 11.1 Å². The van der Waals surface area contributed by atoms with Gasteiger partial charge in [0.05, 0.1) is 39.6 Å². The van der Waals surface area contributed by atoms with E-state index in [1.807, 2.05) is 0 Å². The Morgan fingerprint density at radius 3 is 1.37 bits per heavy atom. The molecular weight excluding hydrogens is 388 g/mol. The van der Waals surface area contributed by atoms with E-state index in [0.717, 1.165) is 51.9 Å². The van der Waals surface area contributed by atoms with Crippen molar-refractivity contribution in [2.45, 2.75) is 36.8 Å². The van der Waals surface area contributed by atoms with Gasteiger partial charge in [0, 0.05) is 26.1 Å². The van der Waals surface area contributed by atoms with Crippen LogP contribution in [0.2, 0.25) is 0 Å². The first-order valence-corrected chi connectivity index (χ1v) is 11.3. The van der Waals surface area contributed by atoms with Crippen LogP contribution in [-0.4, -0.2) is 112 Å². The third kappa shape index (κ3) is 3.76. The molecule has 6 saturated heterocycles. The second-order valence-electron chi connectivity index (χ2n) is 9.29. The number of fused-ring (bicyclic) bond motifs is 6. The number of carbonyl (C=O) groups is 2. The summed E-state index contributed by atoms with van der Waals surface area (Å²) < 4.78 is 22.7. The molecule has 6 aliphatic rings. The normalized spacial score (nSPS) is 40.3. The first kappa shape index (κ1) is 22.3. The molecule has 6 rings (SSSR count). The molecule has 0 aromatic carbocycles. The molecule has 30 heavy (non-hydrogen) atoms. The summed E-state index contributed by atoms with van der Waals surface area (Å²) in [5, 5.41) is 0. The van der Waals surface area contributed by atoms with Gasteiger partial charge in [0.2, 0.25) is 0 Å². The van der Waals surface area contributed by atoms with E-state index >= 15 is 0 Å². The molecule has 8 nitrogen and oxygen atoms in total. The fourth-order valence-electron chi connectivity index (χ4n) is 6.02. The second kappa shape index (κ2) is 9.30. The van der Waals surface area contributed by atoms with Crippen molar-refractivity contribution in [3.8, 4) is 0 Å². The van der Waals surface area contributed by atoms with Gasteiger partial charge in [-0.2, -0.15) is 0 Å². The maximum Gasteiger partial charge on any atom is 0.160 e. The summed E-state index contributed by atoms with van der Waals surface area (Å²) in [4.78, 5) is 30.4. The van der Waals surface area contributed by atoms with E-state index in [1.165, 1.54) is 0 Å². The van der Waals surface area contributed by atoms with Crippen LogP contribution in [-0.2, 0) is 28.5 Å². The highest BCUT2D eigenvalue weighted by atomic mass is 16.5. The van der Waals surface area contributed by atoms with Gasteiger partial charge in [0.15, 0.2) is 11.6 Å². The van der Waals surface area contributed by atoms with Crippen LogP contribution in [0.1, 0.15) is 25.7 Å². The van der Waals surface area contributed by atoms with Crippen molar-refractivity contribution < 1.29 is 28.5 Å². The Labute approximate surface area is 179 Å². The van der Waals surface area contributed by atoms with E-state index in [4.69, 9.17) is 18.9 Å². The summed E-state index contributed by atoms with van der Waals surface area (Å²) in [6, 6.07) is 0. The summed E-state index contributed by atoms with van der Waals surface area (Å²) in [7, 11) is 3.28. The fraction of sp³-hybridized carbons (Fsp3) is 0.909. The highest BCUT2D eigenvalue weighted by molar-refractivity contribution is 5.93. The van der Waals surface area contributed by atoms with Gasteiger partial charge < -0.3 is 18.9 Å².